The largest absolute Gasteiger partial charge is 0.297 e. The Balaban J connectivity index is 1.68. The van der Waals surface area contributed by atoms with E-state index < -0.39 is 5.92 Å². The Morgan fingerprint density at radius 2 is 2.00 bits per heavy atom. The summed E-state index contributed by atoms with van der Waals surface area (Å²) >= 11 is 3.87. The second-order valence-electron chi connectivity index (χ2n) is 7.44. The Hall–Kier alpha value is -3.06. The van der Waals surface area contributed by atoms with Gasteiger partial charge in [0.15, 0.2) is 16.9 Å². The lowest BCUT2D eigenvalue weighted by Crippen LogP contribution is -2.23. The third-order valence-corrected chi connectivity index (χ3v) is 7.91. The van der Waals surface area contributed by atoms with E-state index >= 15 is 0 Å². The van der Waals surface area contributed by atoms with Gasteiger partial charge in [-0.3, -0.25) is 14.2 Å². The minimum absolute atomic E-state index is 0.0160. The molecule has 3 heterocycles. The normalized spacial score (nSPS) is 11.9. The number of ketones is 1. The number of rotatable bonds is 8. The highest BCUT2D eigenvalue weighted by Gasteiger charge is 2.24. The van der Waals surface area contributed by atoms with Gasteiger partial charge in [-0.25, -0.2) is 9.97 Å². The molecule has 9 heteroatoms. The number of hydrogen-bond donors (Lipinski definition) is 0. The monoisotopic (exact) mass is 492 g/mol. The van der Waals surface area contributed by atoms with Crippen LogP contribution in [0.3, 0.4) is 0 Å². The zero-order valence-electron chi connectivity index (χ0n) is 18.1. The van der Waals surface area contributed by atoms with Crippen molar-refractivity contribution in [2.75, 3.05) is 5.75 Å². The number of aromatic nitrogens is 3. The molecule has 0 N–H and O–H groups in total. The summed E-state index contributed by atoms with van der Waals surface area (Å²) in [6.45, 7) is 7.88. The van der Waals surface area contributed by atoms with Crippen molar-refractivity contribution in [2.45, 2.75) is 31.5 Å². The third kappa shape index (κ3) is 4.69. The lowest BCUT2D eigenvalue weighted by Gasteiger charge is -2.11. The van der Waals surface area contributed by atoms with E-state index in [0.717, 1.165) is 34.1 Å². The molecule has 1 atom stereocenters. The molecule has 1 aromatic carbocycles. The number of nitrogens with zero attached hydrogens (tertiary/aromatic N) is 4. The molecular weight excluding hydrogens is 472 g/mol. The molecule has 0 saturated carbocycles. The van der Waals surface area contributed by atoms with Crippen LogP contribution in [0.1, 0.15) is 22.2 Å². The zero-order valence-corrected chi connectivity index (χ0v) is 20.5. The lowest BCUT2D eigenvalue weighted by atomic mass is 10.1. The molecule has 0 radical (unpaired) electrons. The van der Waals surface area contributed by atoms with Gasteiger partial charge in [-0.05, 0) is 19.4 Å². The summed E-state index contributed by atoms with van der Waals surface area (Å²) in [4.78, 5) is 35.8. The first-order valence-electron chi connectivity index (χ1n) is 10.1. The summed E-state index contributed by atoms with van der Waals surface area (Å²) in [5.74, 6) is -1.17. The fourth-order valence-electron chi connectivity index (χ4n) is 3.34. The number of carbonyl (C=O) groups excluding carboxylic acids is 1. The van der Waals surface area contributed by atoms with Crippen molar-refractivity contribution in [3.05, 3.63) is 74.3 Å². The van der Waals surface area contributed by atoms with Crippen LogP contribution in [0.2, 0.25) is 0 Å². The van der Waals surface area contributed by atoms with Gasteiger partial charge in [0, 0.05) is 28.6 Å². The van der Waals surface area contributed by atoms with Gasteiger partial charge in [0.25, 0.3) is 5.56 Å². The van der Waals surface area contributed by atoms with E-state index in [1.807, 2.05) is 48.9 Å². The molecule has 0 unspecified atom stereocenters. The molecule has 0 amide bonds. The van der Waals surface area contributed by atoms with Crippen LogP contribution in [-0.2, 0) is 11.3 Å². The third-order valence-electron chi connectivity index (χ3n) is 5.01. The molecule has 4 rings (SSSR count). The number of carbonyl (C=O) groups is 1. The minimum Gasteiger partial charge on any atom is -0.297 e. The second kappa shape index (κ2) is 9.83. The van der Waals surface area contributed by atoms with Crippen molar-refractivity contribution in [1.29, 1.82) is 5.26 Å². The minimum atomic E-state index is -0.922. The number of fused-ring (bicyclic) bond motifs is 1. The Bertz CT molecular complexity index is 1440. The Morgan fingerprint density at radius 1 is 1.24 bits per heavy atom. The highest BCUT2D eigenvalue weighted by atomic mass is 32.2. The van der Waals surface area contributed by atoms with Crippen LogP contribution >= 0.6 is 34.4 Å². The van der Waals surface area contributed by atoms with Gasteiger partial charge in [-0.15, -0.1) is 29.3 Å². The summed E-state index contributed by atoms with van der Waals surface area (Å²) in [7, 11) is 0. The van der Waals surface area contributed by atoms with Gasteiger partial charge < -0.3 is 0 Å². The van der Waals surface area contributed by atoms with Gasteiger partial charge in [0.2, 0.25) is 0 Å². The topological polar surface area (TPSA) is 88.6 Å². The quantitative estimate of drug-likeness (QED) is 0.187. The second-order valence-corrected chi connectivity index (χ2v) is 10.1. The summed E-state index contributed by atoms with van der Waals surface area (Å²) in [6.07, 6.45) is 1.63. The van der Waals surface area contributed by atoms with Crippen LogP contribution in [0.15, 0.2) is 57.6 Å². The smallest absolute Gasteiger partial charge is 0.263 e. The summed E-state index contributed by atoms with van der Waals surface area (Å²) in [5.41, 5.74) is 3.57. The van der Waals surface area contributed by atoms with Crippen LogP contribution in [0, 0.1) is 25.2 Å². The number of nitriles is 1. The number of Topliss-reactive ketones (excluding diaryl/α,β-unsaturated/α-hetero) is 1. The first-order chi connectivity index (χ1) is 15.9. The van der Waals surface area contributed by atoms with E-state index in [4.69, 9.17) is 4.98 Å². The van der Waals surface area contributed by atoms with Crippen LogP contribution in [0.5, 0.6) is 0 Å². The summed E-state index contributed by atoms with van der Waals surface area (Å²) in [5, 5.41) is 14.8. The molecule has 166 valence electrons. The van der Waals surface area contributed by atoms with E-state index in [1.54, 1.807) is 6.08 Å². The van der Waals surface area contributed by atoms with E-state index in [-0.39, 0.29) is 23.6 Å². The Labute approximate surface area is 203 Å². The van der Waals surface area contributed by atoms with Crippen molar-refractivity contribution in [1.82, 2.24) is 14.5 Å². The van der Waals surface area contributed by atoms with Crippen molar-refractivity contribution in [3.63, 3.8) is 0 Å². The number of thioether (sulfide) groups is 1. The molecule has 0 saturated heterocycles. The predicted molar refractivity (Wildman–Crippen MR) is 135 cm³/mol. The Morgan fingerprint density at radius 3 is 2.64 bits per heavy atom. The number of thiazole rings is 1. The predicted octanol–water partition coefficient (Wildman–Crippen LogP) is 5.35. The number of benzene rings is 1. The summed E-state index contributed by atoms with van der Waals surface area (Å²) < 4.78 is 1.53. The van der Waals surface area contributed by atoms with E-state index in [9.17, 15) is 14.9 Å². The standard InChI is InChI=1S/C24H20N4O2S3/c1-4-9-28-23(30)20-18(16-7-5-14(2)6-8-16)12-32-22(20)27-24(28)33-13-19(29)17(10-25)21-26-15(3)11-31-21/h4-8,11-12,17H,1,9,13H2,2-3H3/t17-/m0/s1. The SMILES string of the molecule is C=CCn1c(SCC(=O)[C@H](C#N)c2nc(C)cs2)nc2scc(-c3ccc(C)cc3)c2c1=O. The van der Waals surface area contributed by atoms with Crippen molar-refractivity contribution in [3.8, 4) is 17.2 Å². The number of thiophene rings is 1. The molecule has 0 aliphatic carbocycles. The fraction of sp³-hybridized carbons (Fsp3) is 0.208. The van der Waals surface area contributed by atoms with E-state index in [2.05, 4.69) is 17.6 Å². The molecule has 6 nitrogen and oxygen atoms in total. The van der Waals surface area contributed by atoms with Crippen molar-refractivity contribution < 1.29 is 4.79 Å². The van der Waals surface area contributed by atoms with Gasteiger partial charge in [0.1, 0.15) is 9.84 Å². The first kappa shape index (κ1) is 23.1. The molecule has 0 aliphatic heterocycles. The van der Waals surface area contributed by atoms with Crippen molar-refractivity contribution in [2.24, 2.45) is 0 Å². The molecule has 0 aliphatic rings. The molecule has 0 fully saturated rings. The van der Waals surface area contributed by atoms with Gasteiger partial charge in [-0.1, -0.05) is 47.7 Å². The summed E-state index contributed by atoms with van der Waals surface area (Å²) in [6, 6.07) is 10.1. The number of allylic oxidation sites excluding steroid dienone is 1. The zero-order chi connectivity index (χ0) is 23.5. The molecule has 0 spiro atoms. The molecule has 0 bridgehead atoms. The van der Waals surface area contributed by atoms with Crippen LogP contribution in [0.4, 0.5) is 0 Å². The average Bonchev–Trinajstić information content (AvgIpc) is 3.42. The van der Waals surface area contributed by atoms with E-state index in [0.29, 0.717) is 20.4 Å². The molecular formula is C24H20N4O2S3. The van der Waals surface area contributed by atoms with Crippen LogP contribution in [-0.4, -0.2) is 26.1 Å². The molecule has 3 aromatic heterocycles. The van der Waals surface area contributed by atoms with Gasteiger partial charge >= 0.3 is 0 Å². The first-order valence-corrected chi connectivity index (χ1v) is 12.8. The highest BCUT2D eigenvalue weighted by Crippen LogP contribution is 2.33. The molecule has 33 heavy (non-hydrogen) atoms. The van der Waals surface area contributed by atoms with Crippen LogP contribution in [0.25, 0.3) is 21.3 Å². The van der Waals surface area contributed by atoms with Gasteiger partial charge in [-0.2, -0.15) is 5.26 Å². The number of aryl methyl sites for hydroxylation is 2. The average molecular weight is 493 g/mol. The highest BCUT2D eigenvalue weighted by molar-refractivity contribution is 7.99. The maximum absolute atomic E-state index is 13.4. The maximum atomic E-state index is 13.4. The lowest BCUT2D eigenvalue weighted by molar-refractivity contribution is -0.116. The Kier molecular flexibility index (Phi) is 6.88. The van der Waals surface area contributed by atoms with Crippen molar-refractivity contribution >= 4 is 50.4 Å². The van der Waals surface area contributed by atoms with E-state index in [1.165, 1.54) is 27.2 Å². The fourth-order valence-corrected chi connectivity index (χ4v) is 6.10. The van der Waals surface area contributed by atoms with Crippen LogP contribution < -0.4 is 5.56 Å². The number of hydrogen-bond acceptors (Lipinski definition) is 8. The molecule has 4 aromatic rings. The van der Waals surface area contributed by atoms with Gasteiger partial charge in [0.05, 0.1) is 17.2 Å². The maximum Gasteiger partial charge on any atom is 0.263 e.